The number of hydrazine groups is 1. The van der Waals surface area contributed by atoms with Gasteiger partial charge in [-0.2, -0.15) is 0 Å². The van der Waals surface area contributed by atoms with Crippen LogP contribution in [-0.2, 0) is 4.74 Å². The molecule has 0 fully saturated rings. The molecule has 1 rings (SSSR count). The quantitative estimate of drug-likeness (QED) is 0.589. The predicted molar refractivity (Wildman–Crippen MR) is 76.1 cm³/mol. The molecular weight excluding hydrogens is 243 g/mol. The summed E-state index contributed by atoms with van der Waals surface area (Å²) >= 11 is 0. The van der Waals surface area contributed by atoms with Gasteiger partial charge in [-0.05, 0) is 43.9 Å². The lowest BCUT2D eigenvalue weighted by molar-refractivity contribution is -0.0734. The number of hydrogen-bond acceptors (Lipinski definition) is 3. The van der Waals surface area contributed by atoms with Gasteiger partial charge in [0.2, 0.25) is 0 Å². The van der Waals surface area contributed by atoms with Crippen LogP contribution in [0.15, 0.2) is 18.2 Å². The Morgan fingerprint density at radius 3 is 2.37 bits per heavy atom. The van der Waals surface area contributed by atoms with Crippen LogP contribution in [0, 0.1) is 12.7 Å². The molecule has 108 valence electrons. The topological polar surface area (TPSA) is 47.3 Å². The maximum atomic E-state index is 13.7. The first-order valence-corrected chi connectivity index (χ1v) is 6.90. The van der Waals surface area contributed by atoms with Gasteiger partial charge in [0.25, 0.3) is 0 Å². The fraction of sp³-hybridized carbons (Fsp3) is 0.600. The minimum absolute atomic E-state index is 0.213. The summed E-state index contributed by atoms with van der Waals surface area (Å²) in [6.07, 6.45) is 1.61. The van der Waals surface area contributed by atoms with Crippen LogP contribution in [0.5, 0.6) is 0 Å². The molecule has 1 atom stereocenters. The smallest absolute Gasteiger partial charge is 0.126 e. The van der Waals surface area contributed by atoms with Gasteiger partial charge in [0.05, 0.1) is 11.6 Å². The highest BCUT2D eigenvalue weighted by Crippen LogP contribution is 2.35. The van der Waals surface area contributed by atoms with Crippen molar-refractivity contribution in [2.45, 2.75) is 52.2 Å². The van der Waals surface area contributed by atoms with Crippen molar-refractivity contribution in [2.75, 3.05) is 6.61 Å². The van der Waals surface area contributed by atoms with Crippen LogP contribution in [0.2, 0.25) is 0 Å². The summed E-state index contributed by atoms with van der Waals surface area (Å²) < 4.78 is 19.7. The van der Waals surface area contributed by atoms with Gasteiger partial charge >= 0.3 is 0 Å². The molecule has 0 bridgehead atoms. The molecule has 0 amide bonds. The largest absolute Gasteiger partial charge is 0.373 e. The van der Waals surface area contributed by atoms with Gasteiger partial charge in [-0.3, -0.25) is 11.3 Å². The first-order valence-electron chi connectivity index (χ1n) is 6.90. The molecular formula is C15H25FN2O. The van der Waals surface area contributed by atoms with Crippen molar-refractivity contribution in [2.24, 2.45) is 5.84 Å². The monoisotopic (exact) mass is 268 g/mol. The average Bonchev–Trinajstić information content (AvgIpc) is 2.42. The molecule has 1 aromatic rings. The molecule has 0 saturated carbocycles. The van der Waals surface area contributed by atoms with E-state index < -0.39 is 5.60 Å². The van der Waals surface area contributed by atoms with Crippen molar-refractivity contribution in [1.29, 1.82) is 0 Å². The molecule has 0 aromatic heterocycles. The van der Waals surface area contributed by atoms with Crippen LogP contribution in [0.4, 0.5) is 4.39 Å². The predicted octanol–water partition coefficient (Wildman–Crippen LogP) is 3.23. The zero-order chi connectivity index (χ0) is 14.5. The molecule has 0 aliphatic carbocycles. The van der Waals surface area contributed by atoms with Crippen molar-refractivity contribution in [3.63, 3.8) is 0 Å². The van der Waals surface area contributed by atoms with E-state index in [1.54, 1.807) is 19.1 Å². The Labute approximate surface area is 115 Å². The highest BCUT2D eigenvalue weighted by molar-refractivity contribution is 5.28. The third-order valence-electron chi connectivity index (χ3n) is 3.85. The minimum atomic E-state index is -0.412. The molecule has 0 heterocycles. The first kappa shape index (κ1) is 16.1. The van der Waals surface area contributed by atoms with Crippen LogP contribution in [0.3, 0.4) is 0 Å². The number of rotatable bonds is 7. The zero-order valence-corrected chi connectivity index (χ0v) is 12.3. The van der Waals surface area contributed by atoms with E-state index in [0.29, 0.717) is 12.2 Å². The van der Waals surface area contributed by atoms with Gasteiger partial charge < -0.3 is 4.74 Å². The maximum absolute atomic E-state index is 13.7. The Balaban J connectivity index is 3.18. The lowest BCUT2D eigenvalue weighted by atomic mass is 9.84. The second-order valence-corrected chi connectivity index (χ2v) is 4.81. The number of benzene rings is 1. The fourth-order valence-electron chi connectivity index (χ4n) is 2.57. The van der Waals surface area contributed by atoms with E-state index in [0.717, 1.165) is 18.4 Å². The molecule has 0 aliphatic rings. The lowest BCUT2D eigenvalue weighted by Gasteiger charge is -2.39. The molecule has 3 nitrogen and oxygen atoms in total. The second kappa shape index (κ2) is 6.98. The normalized spacial score (nSPS) is 13.6. The van der Waals surface area contributed by atoms with Gasteiger partial charge in [0.15, 0.2) is 0 Å². The maximum Gasteiger partial charge on any atom is 0.126 e. The summed E-state index contributed by atoms with van der Waals surface area (Å²) in [6.45, 7) is 8.44. The Hall–Kier alpha value is -0.970. The standard InChI is InChI=1S/C15H25FN2O/c1-5-15(6-2,19-7-3)14(18-17)12-9-8-11(4)13(16)10-12/h8-10,14,18H,5-7,17H2,1-4H3. The summed E-state index contributed by atoms with van der Waals surface area (Å²) in [7, 11) is 0. The summed E-state index contributed by atoms with van der Waals surface area (Å²) in [6, 6.07) is 5.00. The van der Waals surface area contributed by atoms with Crippen molar-refractivity contribution >= 4 is 0 Å². The van der Waals surface area contributed by atoms with Crippen molar-refractivity contribution in [1.82, 2.24) is 5.43 Å². The molecule has 3 N–H and O–H groups in total. The molecule has 0 radical (unpaired) electrons. The van der Waals surface area contributed by atoms with Crippen LogP contribution >= 0.6 is 0 Å². The number of ether oxygens (including phenoxy) is 1. The van der Waals surface area contributed by atoms with Crippen molar-refractivity contribution in [3.8, 4) is 0 Å². The number of halogens is 1. The summed E-state index contributed by atoms with van der Waals surface area (Å²) in [5.41, 5.74) is 3.85. The third-order valence-corrected chi connectivity index (χ3v) is 3.85. The van der Waals surface area contributed by atoms with E-state index in [1.807, 2.05) is 13.0 Å². The highest BCUT2D eigenvalue weighted by Gasteiger charge is 2.37. The van der Waals surface area contributed by atoms with E-state index in [4.69, 9.17) is 10.6 Å². The Bertz CT molecular complexity index is 405. The SMILES string of the molecule is CCOC(CC)(CC)C(NN)c1ccc(C)c(F)c1. The summed E-state index contributed by atoms with van der Waals surface area (Å²) in [5, 5.41) is 0. The summed E-state index contributed by atoms with van der Waals surface area (Å²) in [4.78, 5) is 0. The fourth-order valence-corrected chi connectivity index (χ4v) is 2.57. The van der Waals surface area contributed by atoms with E-state index in [2.05, 4.69) is 19.3 Å². The Morgan fingerprint density at radius 2 is 1.95 bits per heavy atom. The van der Waals surface area contributed by atoms with Crippen LogP contribution in [-0.4, -0.2) is 12.2 Å². The molecule has 1 unspecified atom stereocenters. The van der Waals surface area contributed by atoms with Crippen LogP contribution < -0.4 is 11.3 Å². The Kier molecular flexibility index (Phi) is 5.91. The van der Waals surface area contributed by atoms with Gasteiger partial charge in [-0.25, -0.2) is 4.39 Å². The number of hydrogen-bond donors (Lipinski definition) is 2. The molecule has 4 heteroatoms. The van der Waals surface area contributed by atoms with Gasteiger partial charge in [-0.1, -0.05) is 26.0 Å². The highest BCUT2D eigenvalue weighted by atomic mass is 19.1. The average molecular weight is 268 g/mol. The van der Waals surface area contributed by atoms with Crippen LogP contribution in [0.25, 0.3) is 0 Å². The van der Waals surface area contributed by atoms with E-state index in [1.165, 1.54) is 0 Å². The zero-order valence-electron chi connectivity index (χ0n) is 12.3. The third kappa shape index (κ3) is 3.32. The number of nitrogens with one attached hydrogen (secondary N) is 1. The second-order valence-electron chi connectivity index (χ2n) is 4.81. The molecule has 0 spiro atoms. The van der Waals surface area contributed by atoms with Crippen LogP contribution in [0.1, 0.15) is 50.8 Å². The van der Waals surface area contributed by atoms with E-state index in [-0.39, 0.29) is 11.9 Å². The molecule has 19 heavy (non-hydrogen) atoms. The minimum Gasteiger partial charge on any atom is -0.373 e. The van der Waals surface area contributed by atoms with Gasteiger partial charge in [-0.15, -0.1) is 0 Å². The van der Waals surface area contributed by atoms with Gasteiger partial charge in [0.1, 0.15) is 5.82 Å². The number of nitrogens with two attached hydrogens (primary N) is 1. The number of aryl methyl sites for hydroxylation is 1. The Morgan fingerprint density at radius 1 is 1.32 bits per heavy atom. The molecule has 1 aromatic carbocycles. The van der Waals surface area contributed by atoms with Gasteiger partial charge in [0, 0.05) is 6.61 Å². The summed E-state index contributed by atoms with van der Waals surface area (Å²) in [5.74, 6) is 5.50. The van der Waals surface area contributed by atoms with Crippen molar-refractivity contribution in [3.05, 3.63) is 35.1 Å². The molecule has 0 aliphatic heterocycles. The van der Waals surface area contributed by atoms with E-state index >= 15 is 0 Å². The molecule has 0 saturated heterocycles. The lowest BCUT2D eigenvalue weighted by Crippen LogP contribution is -2.48. The first-order chi connectivity index (χ1) is 9.04. The van der Waals surface area contributed by atoms with Crippen molar-refractivity contribution < 1.29 is 9.13 Å². The van der Waals surface area contributed by atoms with E-state index in [9.17, 15) is 4.39 Å².